The van der Waals surface area contributed by atoms with Gasteiger partial charge in [-0.1, -0.05) is 12.1 Å². The molecule has 12 heteroatoms. The number of hydrogen-bond donors (Lipinski definition) is 3. The number of anilines is 2. The molecule has 1 amide bonds. The van der Waals surface area contributed by atoms with Crippen molar-refractivity contribution in [3.63, 3.8) is 0 Å². The monoisotopic (exact) mass is 561 g/mol. The van der Waals surface area contributed by atoms with E-state index in [0.717, 1.165) is 30.4 Å². The Bertz CT molecular complexity index is 1760. The van der Waals surface area contributed by atoms with Gasteiger partial charge in [0.15, 0.2) is 0 Å². The zero-order chi connectivity index (χ0) is 27.1. The zero-order valence-electron chi connectivity index (χ0n) is 20.8. The summed E-state index contributed by atoms with van der Waals surface area (Å²) in [6, 6.07) is 9.21. The molecule has 0 unspecified atom stereocenters. The fraction of sp³-hybridized carbons (Fsp3) is 0.222. The van der Waals surface area contributed by atoms with Gasteiger partial charge in [-0.2, -0.15) is 0 Å². The molecule has 0 radical (unpaired) electrons. The maximum atomic E-state index is 13.6. The molecule has 0 aliphatic carbocycles. The lowest BCUT2D eigenvalue weighted by Gasteiger charge is -2.17. The Labute approximate surface area is 230 Å². The number of nitrogens with zero attached hydrogens (tertiary/aromatic N) is 4. The molecule has 0 spiro atoms. The third-order valence-electron chi connectivity index (χ3n) is 6.61. The quantitative estimate of drug-likeness (QED) is 0.263. The number of thiophene rings is 1. The van der Waals surface area contributed by atoms with Crippen molar-refractivity contribution in [2.75, 3.05) is 11.1 Å². The smallest absolute Gasteiger partial charge is 0.277 e. The molecule has 0 bridgehead atoms. The number of nitrogen functional groups attached to an aromatic ring is 1. The molecule has 5 aromatic rings. The van der Waals surface area contributed by atoms with Crippen LogP contribution in [0.5, 0.6) is 0 Å². The average molecular weight is 562 g/mol. The van der Waals surface area contributed by atoms with E-state index in [-0.39, 0.29) is 23.3 Å². The number of hydrogen-bond acceptors (Lipinski definition) is 9. The van der Waals surface area contributed by atoms with Gasteiger partial charge in [0.1, 0.15) is 34.2 Å². The molecule has 39 heavy (non-hydrogen) atoms. The molecule has 2 atom stereocenters. The van der Waals surface area contributed by atoms with Crippen LogP contribution in [0.1, 0.15) is 41.1 Å². The number of aromatic nitrogens is 4. The highest BCUT2D eigenvalue weighted by Crippen LogP contribution is 2.31. The summed E-state index contributed by atoms with van der Waals surface area (Å²) in [6.45, 7) is 2.24. The van der Waals surface area contributed by atoms with E-state index in [0.29, 0.717) is 36.7 Å². The van der Waals surface area contributed by atoms with Crippen molar-refractivity contribution in [2.45, 2.75) is 38.4 Å². The third kappa shape index (κ3) is 5.00. The number of nitrogens with two attached hydrogens (primary N) is 1. The van der Waals surface area contributed by atoms with Crippen molar-refractivity contribution in [3.8, 4) is 10.4 Å². The molecule has 198 valence electrons. The summed E-state index contributed by atoms with van der Waals surface area (Å²) in [5, 5.41) is 7.89. The molecule has 6 rings (SSSR count). The van der Waals surface area contributed by atoms with Crippen LogP contribution in [0.3, 0.4) is 0 Å². The lowest BCUT2D eigenvalue weighted by Crippen LogP contribution is -2.36. The Morgan fingerprint density at radius 3 is 2.90 bits per heavy atom. The minimum Gasteiger partial charge on any atom is -0.384 e. The fourth-order valence-corrected chi connectivity index (χ4v) is 6.63. The van der Waals surface area contributed by atoms with Crippen molar-refractivity contribution in [3.05, 3.63) is 86.9 Å². The van der Waals surface area contributed by atoms with Gasteiger partial charge in [-0.05, 0) is 43.2 Å². The molecule has 1 aromatic carbocycles. The number of carbonyl (C=O) groups excluding carboxylic acids is 1. The molecule has 4 aromatic heterocycles. The Hall–Kier alpha value is -4.16. The number of fused-ring (bicyclic) bond motifs is 2. The number of amides is 1. The molecule has 4 N–H and O–H groups in total. The Morgan fingerprint density at radius 2 is 2.05 bits per heavy atom. The lowest BCUT2D eigenvalue weighted by atomic mass is 10.2. The van der Waals surface area contributed by atoms with Crippen LogP contribution in [-0.2, 0) is 17.8 Å². The van der Waals surface area contributed by atoms with E-state index in [1.54, 1.807) is 29.8 Å². The van der Waals surface area contributed by atoms with E-state index in [1.807, 2.05) is 25.1 Å². The Morgan fingerprint density at radius 1 is 1.18 bits per heavy atom. The number of nitrogens with one attached hydrogen (secondary N) is 2. The molecule has 5 heterocycles. The SMILES string of the molecule is C[C@@H](Nc1cnc2n(c1=O)[C@H](C(=O)NCc1cc3cnc(N)cc3s1)CC2)c1ncc(-c2cccc(F)c2)s1. The number of rotatable bonds is 7. The molecular weight excluding hydrogens is 537 g/mol. The minimum atomic E-state index is -0.636. The summed E-state index contributed by atoms with van der Waals surface area (Å²) >= 11 is 2.97. The van der Waals surface area contributed by atoms with Crippen LogP contribution in [0.4, 0.5) is 15.9 Å². The van der Waals surface area contributed by atoms with Crippen LogP contribution in [-0.4, -0.2) is 25.4 Å². The van der Waals surface area contributed by atoms with Gasteiger partial charge in [0, 0.05) is 33.8 Å². The Balaban J connectivity index is 1.16. The summed E-state index contributed by atoms with van der Waals surface area (Å²) in [4.78, 5) is 41.4. The predicted octanol–water partition coefficient (Wildman–Crippen LogP) is 4.67. The van der Waals surface area contributed by atoms with E-state index in [9.17, 15) is 14.0 Å². The molecule has 9 nitrogen and oxygen atoms in total. The van der Waals surface area contributed by atoms with Crippen LogP contribution >= 0.6 is 22.7 Å². The van der Waals surface area contributed by atoms with Gasteiger partial charge in [-0.15, -0.1) is 22.7 Å². The van der Waals surface area contributed by atoms with Gasteiger partial charge in [-0.3, -0.25) is 14.2 Å². The minimum absolute atomic E-state index is 0.224. The molecule has 1 aliphatic heterocycles. The Kier molecular flexibility index (Phi) is 6.57. The summed E-state index contributed by atoms with van der Waals surface area (Å²) in [5.41, 5.74) is 6.51. The molecule has 0 fully saturated rings. The van der Waals surface area contributed by atoms with Crippen LogP contribution in [0.25, 0.3) is 20.5 Å². The van der Waals surface area contributed by atoms with Crippen LogP contribution in [0.2, 0.25) is 0 Å². The second-order valence-electron chi connectivity index (χ2n) is 9.33. The van der Waals surface area contributed by atoms with Crippen molar-refractivity contribution in [1.82, 2.24) is 24.8 Å². The zero-order valence-corrected chi connectivity index (χ0v) is 22.5. The van der Waals surface area contributed by atoms with Gasteiger partial charge >= 0.3 is 0 Å². The van der Waals surface area contributed by atoms with Crippen molar-refractivity contribution in [1.29, 1.82) is 0 Å². The number of carbonyl (C=O) groups is 1. The fourth-order valence-electron chi connectivity index (χ4n) is 4.69. The summed E-state index contributed by atoms with van der Waals surface area (Å²) < 4.78 is 16.1. The number of benzene rings is 1. The predicted molar refractivity (Wildman–Crippen MR) is 151 cm³/mol. The van der Waals surface area contributed by atoms with Crippen molar-refractivity contribution >= 4 is 50.2 Å². The van der Waals surface area contributed by atoms with E-state index in [2.05, 4.69) is 25.6 Å². The van der Waals surface area contributed by atoms with E-state index >= 15 is 0 Å². The molecule has 1 aliphatic rings. The number of aryl methyl sites for hydroxylation is 1. The van der Waals surface area contributed by atoms with Gasteiger partial charge in [0.25, 0.3) is 5.56 Å². The molecule has 0 saturated carbocycles. The van der Waals surface area contributed by atoms with Gasteiger partial charge in [-0.25, -0.2) is 19.3 Å². The topological polar surface area (TPSA) is 128 Å². The maximum absolute atomic E-state index is 13.6. The normalized spacial score (nSPS) is 15.3. The van der Waals surface area contributed by atoms with E-state index in [1.165, 1.54) is 34.2 Å². The van der Waals surface area contributed by atoms with E-state index in [4.69, 9.17) is 5.73 Å². The standard InChI is InChI=1S/C27H24FN7O2S2/c1-14(26-33-13-22(39-26)15-3-2-4-17(28)7-15)34-19-12-31-24-6-5-20(35(24)27(19)37)25(36)32-11-18-8-16-10-30-23(29)9-21(16)38-18/h2-4,7-10,12-14,20,34H,5-6,11H2,1H3,(H2,29,30)(H,32,36)/t14-,20+/m1/s1. The third-order valence-corrected chi connectivity index (χ3v) is 8.94. The second-order valence-corrected chi connectivity index (χ2v) is 11.6. The van der Waals surface area contributed by atoms with Gasteiger partial charge in [0.2, 0.25) is 5.91 Å². The highest BCUT2D eigenvalue weighted by molar-refractivity contribution is 7.19. The summed E-state index contributed by atoms with van der Waals surface area (Å²) in [7, 11) is 0. The maximum Gasteiger partial charge on any atom is 0.277 e. The van der Waals surface area contributed by atoms with Crippen LogP contribution in [0.15, 0.2) is 59.8 Å². The van der Waals surface area contributed by atoms with Gasteiger partial charge in [0.05, 0.1) is 23.7 Å². The molecular formula is C27H24FN7O2S2. The summed E-state index contributed by atoms with van der Waals surface area (Å²) in [5.74, 6) is 0.507. The summed E-state index contributed by atoms with van der Waals surface area (Å²) in [6.07, 6.45) is 5.98. The number of pyridine rings is 1. The number of halogens is 1. The van der Waals surface area contributed by atoms with Crippen LogP contribution in [0, 0.1) is 5.82 Å². The average Bonchev–Trinajstić information content (AvgIpc) is 3.67. The second kappa shape index (κ2) is 10.2. The lowest BCUT2D eigenvalue weighted by molar-refractivity contribution is -0.124. The van der Waals surface area contributed by atoms with E-state index < -0.39 is 6.04 Å². The van der Waals surface area contributed by atoms with Crippen molar-refractivity contribution < 1.29 is 9.18 Å². The van der Waals surface area contributed by atoms with Crippen LogP contribution < -0.4 is 21.9 Å². The van der Waals surface area contributed by atoms with Gasteiger partial charge < -0.3 is 16.4 Å². The largest absolute Gasteiger partial charge is 0.384 e. The first kappa shape index (κ1) is 25.1. The number of thiazole rings is 1. The first-order chi connectivity index (χ1) is 18.9. The molecule has 0 saturated heterocycles. The highest BCUT2D eigenvalue weighted by atomic mass is 32.1. The first-order valence-corrected chi connectivity index (χ1v) is 14.0. The highest BCUT2D eigenvalue weighted by Gasteiger charge is 2.31. The first-order valence-electron chi connectivity index (χ1n) is 12.4. The van der Waals surface area contributed by atoms with Crippen molar-refractivity contribution in [2.24, 2.45) is 0 Å².